The van der Waals surface area contributed by atoms with E-state index in [2.05, 4.69) is 29.1 Å². The normalized spacial score (nSPS) is 14.1. The van der Waals surface area contributed by atoms with Gasteiger partial charge in [-0.25, -0.2) is 15.0 Å². The molecule has 0 spiro atoms. The van der Waals surface area contributed by atoms with Gasteiger partial charge in [-0.2, -0.15) is 0 Å². The number of nitrogens with one attached hydrogen (secondary N) is 1. The van der Waals surface area contributed by atoms with Crippen LogP contribution in [0, 0.1) is 13.8 Å². The van der Waals surface area contributed by atoms with E-state index in [9.17, 15) is 4.79 Å². The molecule has 0 saturated heterocycles. The Kier molecular flexibility index (Phi) is 4.99. The van der Waals surface area contributed by atoms with Crippen molar-refractivity contribution in [1.29, 1.82) is 0 Å². The number of anilines is 1. The summed E-state index contributed by atoms with van der Waals surface area (Å²) in [5.74, 6) is 1.35. The van der Waals surface area contributed by atoms with E-state index < -0.39 is 0 Å². The molecule has 3 aromatic heterocycles. The molecule has 1 saturated carbocycles. The summed E-state index contributed by atoms with van der Waals surface area (Å²) in [5, 5.41) is 4.73. The Hall–Kier alpha value is -1.86. The van der Waals surface area contributed by atoms with Gasteiger partial charge in [-0.1, -0.05) is 20.3 Å². The van der Waals surface area contributed by atoms with Crippen LogP contribution in [0.1, 0.15) is 76.4 Å². The predicted molar refractivity (Wildman–Crippen MR) is 112 cm³/mol. The van der Waals surface area contributed by atoms with Crippen LogP contribution in [0.4, 0.5) is 5.13 Å². The number of amides is 1. The zero-order valence-electron chi connectivity index (χ0n) is 16.2. The van der Waals surface area contributed by atoms with Crippen molar-refractivity contribution in [2.45, 2.75) is 65.7 Å². The average molecular weight is 401 g/mol. The van der Waals surface area contributed by atoms with Gasteiger partial charge < -0.3 is 0 Å². The number of thiophene rings is 1. The minimum Gasteiger partial charge on any atom is -0.297 e. The maximum Gasteiger partial charge on any atom is 0.267 e. The molecule has 0 radical (unpaired) electrons. The molecule has 27 heavy (non-hydrogen) atoms. The lowest BCUT2D eigenvalue weighted by Crippen LogP contribution is -2.11. The lowest BCUT2D eigenvalue weighted by molar-refractivity contribution is 0.103. The second-order valence-corrected chi connectivity index (χ2v) is 9.21. The van der Waals surface area contributed by atoms with Gasteiger partial charge in [0, 0.05) is 16.2 Å². The molecule has 0 unspecified atom stereocenters. The quantitative estimate of drug-likeness (QED) is 0.601. The van der Waals surface area contributed by atoms with Crippen molar-refractivity contribution in [2.75, 3.05) is 5.32 Å². The summed E-state index contributed by atoms with van der Waals surface area (Å²) >= 11 is 3.05. The summed E-state index contributed by atoms with van der Waals surface area (Å²) < 4.78 is 0. The molecule has 7 heteroatoms. The second-order valence-electron chi connectivity index (χ2n) is 7.12. The molecular weight excluding hydrogens is 376 g/mol. The van der Waals surface area contributed by atoms with Crippen molar-refractivity contribution in [3.05, 3.63) is 32.5 Å². The number of thiazole rings is 1. The number of hydrogen-bond acceptors (Lipinski definition) is 6. The van der Waals surface area contributed by atoms with Crippen molar-refractivity contribution in [2.24, 2.45) is 0 Å². The number of hydrogen-bond donors (Lipinski definition) is 1. The molecule has 5 nitrogen and oxygen atoms in total. The summed E-state index contributed by atoms with van der Waals surface area (Å²) in [4.78, 5) is 29.9. The van der Waals surface area contributed by atoms with Crippen molar-refractivity contribution in [3.63, 3.8) is 0 Å². The molecule has 3 aromatic rings. The average Bonchev–Trinajstić information content (AvgIpc) is 3.34. The number of nitrogens with zero attached hydrogens (tertiary/aromatic N) is 3. The van der Waals surface area contributed by atoms with E-state index in [4.69, 9.17) is 4.98 Å². The SMILES string of the molecule is CCCc1nc(NC(=O)c2sc3nc(C4CC4)nc(C)c3c2C)sc1CC. The largest absolute Gasteiger partial charge is 0.297 e. The van der Waals surface area contributed by atoms with Crippen molar-refractivity contribution < 1.29 is 4.79 Å². The number of carbonyl (C=O) groups is 1. The fourth-order valence-electron chi connectivity index (χ4n) is 3.40. The van der Waals surface area contributed by atoms with Crippen LogP contribution in [-0.4, -0.2) is 20.9 Å². The third kappa shape index (κ3) is 3.50. The first-order chi connectivity index (χ1) is 13.0. The summed E-state index contributed by atoms with van der Waals surface area (Å²) in [5.41, 5.74) is 3.06. The molecule has 4 rings (SSSR count). The molecule has 0 bridgehead atoms. The maximum absolute atomic E-state index is 12.9. The lowest BCUT2D eigenvalue weighted by atomic mass is 10.1. The van der Waals surface area contributed by atoms with Gasteiger partial charge in [-0.05, 0) is 45.1 Å². The molecule has 3 heterocycles. The number of carbonyl (C=O) groups excluding carboxylic acids is 1. The number of rotatable bonds is 6. The third-order valence-electron chi connectivity index (χ3n) is 4.94. The van der Waals surface area contributed by atoms with Gasteiger partial charge in [0.2, 0.25) is 0 Å². The van der Waals surface area contributed by atoms with E-state index in [0.29, 0.717) is 15.9 Å². The summed E-state index contributed by atoms with van der Waals surface area (Å²) in [7, 11) is 0. The summed E-state index contributed by atoms with van der Waals surface area (Å²) in [6.45, 7) is 8.29. The Bertz CT molecular complexity index is 1020. The Balaban J connectivity index is 1.64. The fraction of sp³-hybridized carbons (Fsp3) is 0.500. The van der Waals surface area contributed by atoms with Crippen molar-refractivity contribution in [3.8, 4) is 0 Å². The van der Waals surface area contributed by atoms with Gasteiger partial charge >= 0.3 is 0 Å². The van der Waals surface area contributed by atoms with Crippen LogP contribution in [0.15, 0.2) is 0 Å². The van der Waals surface area contributed by atoms with Crippen LogP contribution in [0.2, 0.25) is 0 Å². The van der Waals surface area contributed by atoms with E-state index in [-0.39, 0.29) is 5.91 Å². The Morgan fingerprint density at radius 3 is 2.59 bits per heavy atom. The van der Waals surface area contributed by atoms with Crippen LogP contribution in [0.25, 0.3) is 10.2 Å². The molecule has 0 atom stereocenters. The highest BCUT2D eigenvalue weighted by atomic mass is 32.1. The lowest BCUT2D eigenvalue weighted by Gasteiger charge is -2.02. The van der Waals surface area contributed by atoms with Gasteiger partial charge in [-0.15, -0.1) is 22.7 Å². The minimum absolute atomic E-state index is 0.0951. The Morgan fingerprint density at radius 1 is 1.15 bits per heavy atom. The molecule has 1 fully saturated rings. The summed E-state index contributed by atoms with van der Waals surface area (Å²) in [6.07, 6.45) is 5.31. The molecule has 0 aliphatic heterocycles. The first-order valence-electron chi connectivity index (χ1n) is 9.59. The number of fused-ring (bicyclic) bond motifs is 1. The second kappa shape index (κ2) is 7.28. The van der Waals surface area contributed by atoms with Crippen LogP contribution in [0.3, 0.4) is 0 Å². The Labute approximate surface area is 167 Å². The molecule has 1 amide bonds. The van der Waals surface area contributed by atoms with Gasteiger partial charge in [0.05, 0.1) is 16.3 Å². The van der Waals surface area contributed by atoms with Crippen molar-refractivity contribution in [1.82, 2.24) is 15.0 Å². The zero-order chi connectivity index (χ0) is 19.1. The van der Waals surface area contributed by atoms with Crippen molar-refractivity contribution >= 4 is 43.9 Å². The van der Waals surface area contributed by atoms with Crippen LogP contribution in [-0.2, 0) is 12.8 Å². The minimum atomic E-state index is -0.0951. The van der Waals surface area contributed by atoms with E-state index in [0.717, 1.165) is 52.3 Å². The first kappa shape index (κ1) is 18.5. The molecule has 142 valence electrons. The van der Waals surface area contributed by atoms with Crippen LogP contribution in [0.5, 0.6) is 0 Å². The molecule has 1 aliphatic carbocycles. The standard InChI is InChI=1S/C20H24N4OS2/c1-5-7-13-14(6-2)26-20(22-13)24-18(25)16-10(3)15-11(4)21-17(12-8-9-12)23-19(15)27-16/h12H,5-9H2,1-4H3,(H,22,24,25). The van der Waals surface area contributed by atoms with Gasteiger partial charge in [-0.3, -0.25) is 10.1 Å². The Morgan fingerprint density at radius 2 is 1.93 bits per heavy atom. The third-order valence-corrected chi connectivity index (χ3v) is 7.29. The topological polar surface area (TPSA) is 67.8 Å². The monoisotopic (exact) mass is 400 g/mol. The highest BCUT2D eigenvalue weighted by Gasteiger charge is 2.28. The van der Waals surface area contributed by atoms with Gasteiger partial charge in [0.25, 0.3) is 5.91 Å². The highest BCUT2D eigenvalue weighted by molar-refractivity contribution is 7.21. The van der Waals surface area contributed by atoms with Crippen LogP contribution >= 0.6 is 22.7 Å². The fourth-order valence-corrected chi connectivity index (χ4v) is 5.48. The highest BCUT2D eigenvalue weighted by Crippen LogP contribution is 2.40. The molecule has 0 aromatic carbocycles. The number of aryl methyl sites for hydroxylation is 4. The zero-order valence-corrected chi connectivity index (χ0v) is 17.8. The van der Waals surface area contributed by atoms with Gasteiger partial charge in [0.1, 0.15) is 10.7 Å². The van der Waals surface area contributed by atoms with Crippen LogP contribution < -0.4 is 5.32 Å². The van der Waals surface area contributed by atoms with E-state index >= 15 is 0 Å². The number of aromatic nitrogens is 3. The molecule has 1 N–H and O–H groups in total. The summed E-state index contributed by atoms with van der Waals surface area (Å²) in [6, 6.07) is 0. The van der Waals surface area contributed by atoms with E-state index in [1.807, 2.05) is 13.8 Å². The van der Waals surface area contributed by atoms with E-state index in [1.165, 1.54) is 29.1 Å². The smallest absolute Gasteiger partial charge is 0.267 e. The maximum atomic E-state index is 12.9. The predicted octanol–water partition coefficient (Wildman–Crippen LogP) is 5.41. The first-order valence-corrected chi connectivity index (χ1v) is 11.2. The van der Waals surface area contributed by atoms with Gasteiger partial charge in [0.15, 0.2) is 5.13 Å². The molecule has 1 aliphatic rings. The van der Waals surface area contributed by atoms with E-state index in [1.54, 1.807) is 11.3 Å². The molecular formula is C20H24N4OS2.